The van der Waals surface area contributed by atoms with Crippen molar-refractivity contribution in [3.63, 3.8) is 0 Å². The first-order valence-electron chi connectivity index (χ1n) is 7.96. The molecular weight excluding hydrogens is 282 g/mol. The van der Waals surface area contributed by atoms with Crippen molar-refractivity contribution in [1.29, 1.82) is 0 Å². The number of hydrogen-bond donors (Lipinski definition) is 0. The number of nitrogens with zero attached hydrogens (tertiary/aromatic N) is 3. The van der Waals surface area contributed by atoms with E-state index in [4.69, 9.17) is 8.94 Å². The van der Waals surface area contributed by atoms with Crippen molar-refractivity contribution in [3.8, 4) is 0 Å². The van der Waals surface area contributed by atoms with Crippen LogP contribution in [0.15, 0.2) is 27.3 Å². The van der Waals surface area contributed by atoms with Crippen molar-refractivity contribution in [3.05, 3.63) is 35.9 Å². The van der Waals surface area contributed by atoms with Crippen molar-refractivity contribution in [2.45, 2.75) is 51.5 Å². The molecule has 1 amide bonds. The van der Waals surface area contributed by atoms with Gasteiger partial charge in [0.2, 0.25) is 5.89 Å². The van der Waals surface area contributed by atoms with E-state index in [1.165, 1.54) is 6.26 Å². The van der Waals surface area contributed by atoms with E-state index in [9.17, 15) is 4.79 Å². The quantitative estimate of drug-likeness (QED) is 0.846. The fourth-order valence-corrected chi connectivity index (χ4v) is 2.81. The monoisotopic (exact) mass is 303 g/mol. The van der Waals surface area contributed by atoms with Gasteiger partial charge in [0.15, 0.2) is 11.6 Å². The van der Waals surface area contributed by atoms with Gasteiger partial charge in [0, 0.05) is 13.0 Å². The Labute approximate surface area is 129 Å². The molecule has 0 spiro atoms. The van der Waals surface area contributed by atoms with E-state index in [1.807, 2.05) is 0 Å². The Morgan fingerprint density at radius 2 is 2.36 bits per heavy atom. The molecule has 22 heavy (non-hydrogen) atoms. The summed E-state index contributed by atoms with van der Waals surface area (Å²) in [4.78, 5) is 18.8. The van der Waals surface area contributed by atoms with Gasteiger partial charge < -0.3 is 13.8 Å². The summed E-state index contributed by atoms with van der Waals surface area (Å²) in [5.74, 6) is 1.53. The van der Waals surface area contributed by atoms with Gasteiger partial charge in [-0.25, -0.2) is 0 Å². The van der Waals surface area contributed by atoms with Crippen LogP contribution in [0.1, 0.15) is 67.3 Å². The predicted molar refractivity (Wildman–Crippen MR) is 79.2 cm³/mol. The average molecular weight is 303 g/mol. The minimum absolute atomic E-state index is 0.108. The van der Waals surface area contributed by atoms with Crippen LogP contribution in [-0.2, 0) is 6.42 Å². The highest BCUT2D eigenvalue weighted by molar-refractivity contribution is 5.91. The van der Waals surface area contributed by atoms with Gasteiger partial charge in [0.1, 0.15) is 6.04 Å². The lowest BCUT2D eigenvalue weighted by molar-refractivity contribution is 0.0529. The number of hydrogen-bond acceptors (Lipinski definition) is 5. The predicted octanol–water partition coefficient (Wildman–Crippen LogP) is 3.37. The van der Waals surface area contributed by atoms with Gasteiger partial charge in [0.25, 0.3) is 5.91 Å². The van der Waals surface area contributed by atoms with Crippen LogP contribution >= 0.6 is 0 Å². The number of furan rings is 1. The highest BCUT2D eigenvalue weighted by Crippen LogP contribution is 2.31. The molecule has 0 unspecified atom stereocenters. The first-order chi connectivity index (χ1) is 10.8. The molecule has 6 nitrogen and oxygen atoms in total. The van der Waals surface area contributed by atoms with Crippen LogP contribution in [0.2, 0.25) is 0 Å². The van der Waals surface area contributed by atoms with Crippen LogP contribution in [0.3, 0.4) is 0 Å². The van der Waals surface area contributed by atoms with Gasteiger partial charge in [0.05, 0.1) is 6.26 Å². The van der Waals surface area contributed by atoms with E-state index in [-0.39, 0.29) is 11.9 Å². The summed E-state index contributed by atoms with van der Waals surface area (Å²) in [6.07, 6.45) is 7.36. The lowest BCUT2D eigenvalue weighted by Crippen LogP contribution is -2.38. The molecule has 1 fully saturated rings. The lowest BCUT2D eigenvalue weighted by atomic mass is 10.0. The number of amides is 1. The minimum atomic E-state index is -0.144. The molecule has 1 atom stereocenters. The molecule has 1 aliphatic heterocycles. The van der Waals surface area contributed by atoms with Crippen molar-refractivity contribution < 1.29 is 13.7 Å². The zero-order valence-corrected chi connectivity index (χ0v) is 12.8. The minimum Gasteiger partial charge on any atom is -0.459 e. The lowest BCUT2D eigenvalue weighted by Gasteiger charge is -2.32. The molecule has 3 rings (SSSR count). The van der Waals surface area contributed by atoms with Gasteiger partial charge in [-0.1, -0.05) is 18.5 Å². The Morgan fingerprint density at radius 3 is 3.14 bits per heavy atom. The molecule has 0 bridgehead atoms. The van der Waals surface area contributed by atoms with E-state index >= 15 is 0 Å². The number of aromatic nitrogens is 2. The smallest absolute Gasteiger partial charge is 0.290 e. The molecule has 2 aromatic heterocycles. The molecule has 0 aliphatic carbocycles. The summed E-state index contributed by atoms with van der Waals surface area (Å²) in [5, 5.41) is 4.04. The van der Waals surface area contributed by atoms with Crippen LogP contribution < -0.4 is 0 Å². The van der Waals surface area contributed by atoms with Crippen LogP contribution in [0.25, 0.3) is 0 Å². The molecule has 6 heteroatoms. The van der Waals surface area contributed by atoms with Crippen LogP contribution in [-0.4, -0.2) is 27.5 Å². The number of rotatable bonds is 5. The Bertz CT molecular complexity index is 606. The molecule has 2 aromatic rings. The van der Waals surface area contributed by atoms with E-state index in [2.05, 4.69) is 17.1 Å². The maximum Gasteiger partial charge on any atom is 0.290 e. The zero-order chi connectivity index (χ0) is 15.4. The van der Waals surface area contributed by atoms with Crippen LogP contribution in [0.4, 0.5) is 0 Å². The van der Waals surface area contributed by atoms with Crippen molar-refractivity contribution >= 4 is 5.91 Å². The van der Waals surface area contributed by atoms with Crippen LogP contribution in [0.5, 0.6) is 0 Å². The second kappa shape index (κ2) is 6.77. The molecule has 1 aliphatic rings. The average Bonchev–Trinajstić information content (AvgIpc) is 3.24. The first kappa shape index (κ1) is 14.8. The normalized spacial score (nSPS) is 18.6. The fourth-order valence-electron chi connectivity index (χ4n) is 2.81. The summed E-state index contributed by atoms with van der Waals surface area (Å²) < 4.78 is 10.6. The highest BCUT2D eigenvalue weighted by Gasteiger charge is 2.33. The van der Waals surface area contributed by atoms with Gasteiger partial charge in [-0.2, -0.15) is 4.98 Å². The number of carbonyl (C=O) groups is 1. The number of unbranched alkanes of at least 4 members (excludes halogenated alkanes) is 1. The van der Waals surface area contributed by atoms with Gasteiger partial charge >= 0.3 is 0 Å². The van der Waals surface area contributed by atoms with Gasteiger partial charge in [-0.05, 0) is 37.8 Å². The van der Waals surface area contributed by atoms with Crippen LogP contribution in [0, 0.1) is 0 Å². The molecule has 0 N–H and O–H groups in total. The van der Waals surface area contributed by atoms with E-state index in [0.717, 1.165) is 44.3 Å². The number of piperidine rings is 1. The standard InChI is InChI=1S/C16H21N3O3/c1-2-3-9-14-17-15(22-18-14)12-7-4-5-10-19(12)16(20)13-8-6-11-21-13/h6,8,11-12H,2-5,7,9-10H2,1H3/t12-/m1/s1. The Morgan fingerprint density at radius 1 is 1.45 bits per heavy atom. The Kier molecular flexibility index (Phi) is 4.56. The Balaban J connectivity index is 1.77. The third kappa shape index (κ3) is 3.05. The second-order valence-electron chi connectivity index (χ2n) is 5.64. The molecule has 1 saturated heterocycles. The fraction of sp³-hybridized carbons (Fsp3) is 0.562. The molecular formula is C16H21N3O3. The zero-order valence-electron chi connectivity index (χ0n) is 12.8. The van der Waals surface area contributed by atoms with E-state index < -0.39 is 0 Å². The first-order valence-corrected chi connectivity index (χ1v) is 7.96. The van der Waals surface area contributed by atoms with Crippen molar-refractivity contribution in [2.75, 3.05) is 6.54 Å². The van der Waals surface area contributed by atoms with E-state index in [0.29, 0.717) is 18.2 Å². The topological polar surface area (TPSA) is 72.4 Å². The molecule has 118 valence electrons. The Hall–Kier alpha value is -2.11. The molecule has 0 saturated carbocycles. The third-order valence-electron chi connectivity index (χ3n) is 4.02. The molecule has 3 heterocycles. The molecule has 0 radical (unpaired) electrons. The SMILES string of the molecule is CCCCc1noc([C@H]2CCCCN2C(=O)c2ccco2)n1. The highest BCUT2D eigenvalue weighted by atomic mass is 16.5. The summed E-state index contributed by atoms with van der Waals surface area (Å²) in [6, 6.07) is 3.27. The summed E-state index contributed by atoms with van der Waals surface area (Å²) in [6.45, 7) is 2.82. The largest absolute Gasteiger partial charge is 0.459 e. The molecule has 0 aromatic carbocycles. The number of likely N-dealkylation sites (tertiary alicyclic amines) is 1. The van der Waals surface area contributed by atoms with E-state index in [1.54, 1.807) is 17.0 Å². The van der Waals surface area contributed by atoms with Gasteiger partial charge in [-0.3, -0.25) is 4.79 Å². The summed E-state index contributed by atoms with van der Waals surface area (Å²) in [5.41, 5.74) is 0. The number of carbonyl (C=O) groups excluding carboxylic acids is 1. The van der Waals surface area contributed by atoms with Crippen molar-refractivity contribution in [2.24, 2.45) is 0 Å². The maximum atomic E-state index is 12.6. The van der Waals surface area contributed by atoms with Gasteiger partial charge in [-0.15, -0.1) is 0 Å². The second-order valence-corrected chi connectivity index (χ2v) is 5.64. The third-order valence-corrected chi connectivity index (χ3v) is 4.02. The van der Waals surface area contributed by atoms with Crippen molar-refractivity contribution in [1.82, 2.24) is 15.0 Å². The number of aryl methyl sites for hydroxylation is 1. The maximum absolute atomic E-state index is 12.6. The summed E-state index contributed by atoms with van der Waals surface area (Å²) in [7, 11) is 0. The summed E-state index contributed by atoms with van der Waals surface area (Å²) >= 11 is 0.